The molecule has 0 saturated heterocycles. The van der Waals surface area contributed by atoms with Gasteiger partial charge in [0.25, 0.3) is 0 Å². The Kier molecular flexibility index (Phi) is 10.3. The van der Waals surface area contributed by atoms with E-state index in [1.54, 1.807) is 6.08 Å². The predicted octanol–water partition coefficient (Wildman–Crippen LogP) is 3.25. The molecule has 1 unspecified atom stereocenters. The smallest absolute Gasteiger partial charge is 0.303 e. The SMILES string of the molecule is CC/C=C/C(O)C/C=C/[C@H]1[C@H](O)CC(=O)[C@@H]1CCCCCCC(=O)O. The second-order valence-corrected chi connectivity index (χ2v) is 6.84. The first-order valence-corrected chi connectivity index (χ1v) is 9.39. The number of hydrogen-bond donors (Lipinski definition) is 3. The molecule has 1 aliphatic rings. The maximum absolute atomic E-state index is 12.1. The van der Waals surface area contributed by atoms with Crippen molar-refractivity contribution in [3.8, 4) is 0 Å². The summed E-state index contributed by atoms with van der Waals surface area (Å²) in [6, 6.07) is 0. The third kappa shape index (κ3) is 8.45. The quantitative estimate of drug-likeness (QED) is 0.370. The number of hydrogen-bond acceptors (Lipinski definition) is 4. The van der Waals surface area contributed by atoms with Crippen LogP contribution in [0.15, 0.2) is 24.3 Å². The van der Waals surface area contributed by atoms with E-state index in [1.165, 1.54) is 0 Å². The lowest BCUT2D eigenvalue weighted by atomic mass is 9.88. The Morgan fingerprint density at radius 3 is 2.64 bits per heavy atom. The molecule has 0 aromatic heterocycles. The summed E-state index contributed by atoms with van der Waals surface area (Å²) >= 11 is 0. The van der Waals surface area contributed by atoms with E-state index in [9.17, 15) is 19.8 Å². The highest BCUT2D eigenvalue weighted by Crippen LogP contribution is 2.34. The van der Waals surface area contributed by atoms with Crippen molar-refractivity contribution in [2.45, 2.75) is 76.9 Å². The minimum Gasteiger partial charge on any atom is -0.481 e. The first-order chi connectivity index (χ1) is 12.0. The van der Waals surface area contributed by atoms with Gasteiger partial charge in [0.2, 0.25) is 0 Å². The number of carboxylic acids is 1. The molecule has 1 fully saturated rings. The number of aliphatic hydroxyl groups excluding tert-OH is 2. The van der Waals surface area contributed by atoms with E-state index < -0.39 is 18.2 Å². The van der Waals surface area contributed by atoms with Gasteiger partial charge in [0.1, 0.15) is 5.78 Å². The number of Topliss-reactive ketones (excluding diaryl/α,β-unsaturated/α-hetero) is 1. The van der Waals surface area contributed by atoms with Crippen LogP contribution in [-0.2, 0) is 9.59 Å². The normalized spacial score (nSPS) is 25.2. The van der Waals surface area contributed by atoms with Gasteiger partial charge in [-0.15, -0.1) is 0 Å². The summed E-state index contributed by atoms with van der Waals surface area (Å²) in [5.41, 5.74) is 0. The molecule has 1 saturated carbocycles. The van der Waals surface area contributed by atoms with Crippen LogP contribution in [-0.4, -0.2) is 39.3 Å². The fourth-order valence-electron chi connectivity index (χ4n) is 3.33. The van der Waals surface area contributed by atoms with Crippen LogP contribution >= 0.6 is 0 Å². The van der Waals surface area contributed by atoms with Crippen molar-refractivity contribution >= 4 is 11.8 Å². The van der Waals surface area contributed by atoms with Gasteiger partial charge in [0.15, 0.2) is 0 Å². The fraction of sp³-hybridized carbons (Fsp3) is 0.700. The lowest BCUT2D eigenvalue weighted by Gasteiger charge is -2.17. The molecule has 1 aliphatic carbocycles. The lowest BCUT2D eigenvalue weighted by molar-refractivity contribution is -0.137. The molecule has 0 amide bonds. The molecule has 4 atom stereocenters. The molecule has 0 aliphatic heterocycles. The number of allylic oxidation sites excluding steroid dienone is 1. The summed E-state index contributed by atoms with van der Waals surface area (Å²) in [4.78, 5) is 22.6. The number of rotatable bonds is 12. The van der Waals surface area contributed by atoms with Crippen LogP contribution < -0.4 is 0 Å². The monoisotopic (exact) mass is 352 g/mol. The Labute approximate surface area is 150 Å². The molecule has 25 heavy (non-hydrogen) atoms. The van der Waals surface area contributed by atoms with Gasteiger partial charge in [0, 0.05) is 24.7 Å². The van der Waals surface area contributed by atoms with Gasteiger partial charge in [-0.3, -0.25) is 9.59 Å². The maximum Gasteiger partial charge on any atom is 0.303 e. The summed E-state index contributed by atoms with van der Waals surface area (Å²) in [6.07, 6.45) is 12.0. The number of aliphatic carboxylic acids is 1. The number of unbranched alkanes of at least 4 members (excludes halogenated alkanes) is 3. The van der Waals surface area contributed by atoms with Crippen molar-refractivity contribution in [3.05, 3.63) is 24.3 Å². The van der Waals surface area contributed by atoms with Gasteiger partial charge in [0.05, 0.1) is 12.2 Å². The first-order valence-electron chi connectivity index (χ1n) is 9.39. The Balaban J connectivity index is 2.40. The minimum absolute atomic E-state index is 0.110. The Morgan fingerprint density at radius 2 is 1.96 bits per heavy atom. The highest BCUT2D eigenvalue weighted by molar-refractivity contribution is 5.84. The molecule has 0 radical (unpaired) electrons. The van der Waals surface area contributed by atoms with E-state index in [4.69, 9.17) is 5.11 Å². The van der Waals surface area contributed by atoms with Crippen molar-refractivity contribution in [1.29, 1.82) is 0 Å². The molecule has 0 aromatic rings. The molecule has 5 heteroatoms. The van der Waals surface area contributed by atoms with Crippen LogP contribution in [0.3, 0.4) is 0 Å². The summed E-state index contributed by atoms with van der Waals surface area (Å²) in [7, 11) is 0. The number of aliphatic hydroxyl groups is 2. The van der Waals surface area contributed by atoms with Crippen LogP contribution in [0.4, 0.5) is 0 Å². The van der Waals surface area contributed by atoms with Crippen LogP contribution in [0.2, 0.25) is 0 Å². The van der Waals surface area contributed by atoms with Crippen molar-refractivity contribution in [2.75, 3.05) is 0 Å². The fourth-order valence-corrected chi connectivity index (χ4v) is 3.33. The Hall–Kier alpha value is -1.46. The van der Waals surface area contributed by atoms with Gasteiger partial charge in [-0.1, -0.05) is 50.5 Å². The molecular formula is C20H32O5. The van der Waals surface area contributed by atoms with Crippen molar-refractivity contribution < 1.29 is 24.9 Å². The largest absolute Gasteiger partial charge is 0.481 e. The van der Waals surface area contributed by atoms with E-state index >= 15 is 0 Å². The topological polar surface area (TPSA) is 94.8 Å². The van der Waals surface area contributed by atoms with E-state index in [0.717, 1.165) is 32.1 Å². The summed E-state index contributed by atoms with van der Waals surface area (Å²) in [6.45, 7) is 2.01. The number of carboxylic acid groups (broad SMARTS) is 1. The molecule has 0 spiro atoms. The number of carbonyl (C=O) groups is 2. The van der Waals surface area contributed by atoms with Crippen LogP contribution in [0.25, 0.3) is 0 Å². The Morgan fingerprint density at radius 1 is 1.24 bits per heavy atom. The van der Waals surface area contributed by atoms with E-state index in [0.29, 0.717) is 12.8 Å². The molecular weight excluding hydrogens is 320 g/mol. The maximum atomic E-state index is 12.1. The molecule has 0 aromatic carbocycles. The average molecular weight is 352 g/mol. The Bertz CT molecular complexity index is 469. The minimum atomic E-state index is -0.768. The zero-order valence-corrected chi connectivity index (χ0v) is 15.1. The highest BCUT2D eigenvalue weighted by atomic mass is 16.4. The van der Waals surface area contributed by atoms with E-state index in [-0.39, 0.29) is 30.5 Å². The van der Waals surface area contributed by atoms with E-state index in [2.05, 4.69) is 0 Å². The zero-order valence-electron chi connectivity index (χ0n) is 15.1. The third-order valence-corrected chi connectivity index (χ3v) is 4.72. The van der Waals surface area contributed by atoms with Crippen molar-refractivity contribution in [2.24, 2.45) is 11.8 Å². The second-order valence-electron chi connectivity index (χ2n) is 6.84. The van der Waals surface area contributed by atoms with Gasteiger partial charge in [-0.25, -0.2) is 0 Å². The third-order valence-electron chi connectivity index (χ3n) is 4.72. The van der Waals surface area contributed by atoms with Gasteiger partial charge in [-0.05, 0) is 25.7 Å². The van der Waals surface area contributed by atoms with Crippen LogP contribution in [0.5, 0.6) is 0 Å². The second kappa shape index (κ2) is 12.0. The van der Waals surface area contributed by atoms with Crippen LogP contribution in [0.1, 0.15) is 64.7 Å². The average Bonchev–Trinajstić information content (AvgIpc) is 2.82. The van der Waals surface area contributed by atoms with Gasteiger partial charge in [-0.2, -0.15) is 0 Å². The molecule has 5 nitrogen and oxygen atoms in total. The van der Waals surface area contributed by atoms with E-state index in [1.807, 2.05) is 25.2 Å². The first kappa shape index (κ1) is 21.6. The number of ketones is 1. The van der Waals surface area contributed by atoms with Crippen molar-refractivity contribution in [3.63, 3.8) is 0 Å². The summed E-state index contributed by atoms with van der Waals surface area (Å²) in [5, 5.41) is 28.5. The van der Waals surface area contributed by atoms with Gasteiger partial charge >= 0.3 is 5.97 Å². The molecule has 0 heterocycles. The standard InChI is InChI=1S/C20H32O5/c1-2-3-9-15(21)10-8-12-17-16(18(22)14-19(17)23)11-6-4-5-7-13-20(24)25/h3,8-9,12,15-17,19,21,23H,2,4-7,10-11,13-14H2,1H3,(H,24,25)/b9-3+,12-8+/t15?,16-,17-,19-/m1/s1. The van der Waals surface area contributed by atoms with Crippen molar-refractivity contribution in [1.82, 2.24) is 0 Å². The predicted molar refractivity (Wildman–Crippen MR) is 97.1 cm³/mol. The van der Waals surface area contributed by atoms with Gasteiger partial charge < -0.3 is 15.3 Å². The molecule has 3 N–H and O–H groups in total. The summed E-state index contributed by atoms with van der Waals surface area (Å²) < 4.78 is 0. The molecule has 1 rings (SSSR count). The highest BCUT2D eigenvalue weighted by Gasteiger charge is 2.39. The lowest BCUT2D eigenvalue weighted by Crippen LogP contribution is -2.18. The number of carbonyl (C=O) groups excluding carboxylic acids is 1. The zero-order chi connectivity index (χ0) is 18.7. The molecule has 142 valence electrons. The molecule has 0 bridgehead atoms. The van der Waals surface area contributed by atoms with Crippen LogP contribution in [0, 0.1) is 11.8 Å². The summed E-state index contributed by atoms with van der Waals surface area (Å²) in [5.74, 6) is -0.989.